The van der Waals surface area contributed by atoms with Crippen LogP contribution in [-0.4, -0.2) is 33.8 Å². The van der Waals surface area contributed by atoms with Crippen LogP contribution in [0.4, 0.5) is 0 Å². The van der Waals surface area contributed by atoms with E-state index in [0.717, 1.165) is 19.3 Å². The maximum absolute atomic E-state index is 11.5. The Morgan fingerprint density at radius 3 is 2.44 bits per heavy atom. The quantitative estimate of drug-likeness (QED) is 0.488. The van der Waals surface area contributed by atoms with Gasteiger partial charge in [0.2, 0.25) is 10.0 Å². The lowest BCUT2D eigenvalue weighted by molar-refractivity contribution is -0.140. The zero-order valence-corrected chi connectivity index (χ0v) is 12.4. The molecular weight excluding hydrogens is 254 g/mol. The minimum Gasteiger partial charge on any atom is -0.469 e. The van der Waals surface area contributed by atoms with Crippen molar-refractivity contribution in [2.24, 2.45) is 5.92 Å². The fraction of sp³-hybridized carbons (Fsp3) is 0.917. The van der Waals surface area contributed by atoms with Crippen LogP contribution in [0.1, 0.15) is 46.0 Å². The molecule has 0 saturated heterocycles. The van der Waals surface area contributed by atoms with Crippen LogP contribution in [0.5, 0.6) is 0 Å². The van der Waals surface area contributed by atoms with Crippen LogP contribution in [0.25, 0.3) is 0 Å². The van der Waals surface area contributed by atoms with Crippen LogP contribution in [0.2, 0.25) is 0 Å². The van der Waals surface area contributed by atoms with Crippen molar-refractivity contribution in [1.29, 1.82) is 0 Å². The Hall–Kier alpha value is -0.620. The topological polar surface area (TPSA) is 72.5 Å². The highest BCUT2D eigenvalue weighted by Crippen LogP contribution is 2.05. The molecule has 0 aromatic carbocycles. The number of nitrogens with one attached hydrogen (secondary N) is 1. The summed E-state index contributed by atoms with van der Waals surface area (Å²) in [6, 6.07) is 0. The first-order valence-electron chi connectivity index (χ1n) is 6.41. The second-order valence-electron chi connectivity index (χ2n) is 4.78. The smallest absolute Gasteiger partial charge is 0.305 e. The Morgan fingerprint density at radius 2 is 1.89 bits per heavy atom. The predicted molar refractivity (Wildman–Crippen MR) is 71.7 cm³/mol. The van der Waals surface area contributed by atoms with E-state index in [1.165, 1.54) is 7.11 Å². The van der Waals surface area contributed by atoms with Gasteiger partial charge in [0, 0.05) is 13.0 Å². The van der Waals surface area contributed by atoms with Crippen LogP contribution in [0.15, 0.2) is 0 Å². The van der Waals surface area contributed by atoms with Gasteiger partial charge in [-0.05, 0) is 18.8 Å². The van der Waals surface area contributed by atoms with Crippen molar-refractivity contribution in [1.82, 2.24) is 4.72 Å². The molecule has 0 rings (SSSR count). The van der Waals surface area contributed by atoms with Crippen molar-refractivity contribution < 1.29 is 17.9 Å². The molecule has 0 fully saturated rings. The number of methoxy groups -OCH3 is 1. The Balaban J connectivity index is 3.64. The first-order valence-corrected chi connectivity index (χ1v) is 8.06. The van der Waals surface area contributed by atoms with Crippen molar-refractivity contribution in [2.45, 2.75) is 46.0 Å². The fourth-order valence-corrected chi connectivity index (χ4v) is 2.61. The number of hydrogen-bond acceptors (Lipinski definition) is 4. The van der Waals surface area contributed by atoms with Gasteiger partial charge in [0.15, 0.2) is 0 Å². The molecule has 0 saturated carbocycles. The van der Waals surface area contributed by atoms with Gasteiger partial charge in [-0.1, -0.05) is 26.7 Å². The molecule has 0 amide bonds. The van der Waals surface area contributed by atoms with Gasteiger partial charge in [-0.3, -0.25) is 4.79 Å². The van der Waals surface area contributed by atoms with E-state index in [2.05, 4.69) is 23.3 Å². The number of carbonyl (C=O) groups excluding carboxylic acids is 1. The maximum Gasteiger partial charge on any atom is 0.305 e. The molecule has 0 bridgehead atoms. The molecule has 0 radical (unpaired) electrons. The Morgan fingerprint density at radius 1 is 1.22 bits per heavy atom. The third-order valence-electron chi connectivity index (χ3n) is 2.55. The van der Waals surface area contributed by atoms with Crippen LogP contribution in [-0.2, 0) is 19.6 Å². The molecule has 0 aliphatic heterocycles. The average Bonchev–Trinajstić information content (AvgIpc) is 2.27. The lowest BCUT2D eigenvalue weighted by Crippen LogP contribution is -2.27. The van der Waals surface area contributed by atoms with E-state index in [1.54, 1.807) is 0 Å². The molecular formula is C12H25NO4S. The summed E-state index contributed by atoms with van der Waals surface area (Å²) >= 11 is 0. The van der Waals surface area contributed by atoms with E-state index in [0.29, 0.717) is 18.9 Å². The zero-order chi connectivity index (χ0) is 14.0. The number of hydrogen-bond donors (Lipinski definition) is 1. The molecule has 0 aliphatic carbocycles. The largest absolute Gasteiger partial charge is 0.469 e. The number of ether oxygens (including phenoxy) is 1. The molecule has 0 aromatic heterocycles. The Bertz CT molecular complexity index is 325. The number of carbonyl (C=O) groups is 1. The van der Waals surface area contributed by atoms with Gasteiger partial charge in [-0.2, -0.15) is 0 Å². The molecule has 0 spiro atoms. The van der Waals surface area contributed by atoms with E-state index in [1.807, 2.05) is 0 Å². The van der Waals surface area contributed by atoms with Gasteiger partial charge in [-0.15, -0.1) is 0 Å². The number of unbranched alkanes of at least 4 members (excludes halogenated alkanes) is 1. The number of rotatable bonds is 10. The van der Waals surface area contributed by atoms with Crippen molar-refractivity contribution in [3.05, 3.63) is 0 Å². The third-order valence-corrected chi connectivity index (χ3v) is 4.02. The minimum absolute atomic E-state index is 0.0215. The summed E-state index contributed by atoms with van der Waals surface area (Å²) in [5.74, 6) is 0.260. The maximum atomic E-state index is 11.5. The number of sulfonamides is 1. The normalized spacial score (nSPS) is 11.8. The minimum atomic E-state index is -3.24. The van der Waals surface area contributed by atoms with Gasteiger partial charge in [-0.25, -0.2) is 13.1 Å². The van der Waals surface area contributed by atoms with Crippen LogP contribution in [0.3, 0.4) is 0 Å². The SMILES string of the molecule is COC(=O)CCCS(=O)(=O)NCCCCC(C)C. The summed E-state index contributed by atoms with van der Waals surface area (Å²) in [6.07, 6.45) is 3.44. The van der Waals surface area contributed by atoms with Crippen LogP contribution >= 0.6 is 0 Å². The molecule has 1 N–H and O–H groups in total. The molecule has 0 aromatic rings. The molecule has 5 nitrogen and oxygen atoms in total. The highest BCUT2D eigenvalue weighted by molar-refractivity contribution is 7.89. The van der Waals surface area contributed by atoms with E-state index in [9.17, 15) is 13.2 Å². The van der Waals surface area contributed by atoms with Gasteiger partial charge >= 0.3 is 5.97 Å². The lowest BCUT2D eigenvalue weighted by Gasteiger charge is -2.07. The second kappa shape index (κ2) is 9.33. The summed E-state index contributed by atoms with van der Waals surface area (Å²) in [5.41, 5.74) is 0. The van der Waals surface area contributed by atoms with Crippen molar-refractivity contribution >= 4 is 16.0 Å². The van der Waals surface area contributed by atoms with Gasteiger partial charge in [0.1, 0.15) is 0 Å². The van der Waals surface area contributed by atoms with Gasteiger partial charge < -0.3 is 4.74 Å². The Labute approximate surface area is 110 Å². The van der Waals surface area contributed by atoms with Gasteiger partial charge in [0.05, 0.1) is 12.9 Å². The zero-order valence-electron chi connectivity index (χ0n) is 11.6. The average molecular weight is 279 g/mol. The summed E-state index contributed by atoms with van der Waals surface area (Å²) in [7, 11) is -1.95. The van der Waals surface area contributed by atoms with E-state index < -0.39 is 10.0 Å². The highest BCUT2D eigenvalue weighted by Gasteiger charge is 2.10. The summed E-state index contributed by atoms with van der Waals surface area (Å²) < 4.78 is 30.1. The first kappa shape index (κ1) is 17.4. The van der Waals surface area contributed by atoms with Crippen LogP contribution < -0.4 is 4.72 Å². The molecule has 6 heteroatoms. The van der Waals surface area contributed by atoms with E-state index in [-0.39, 0.29) is 18.1 Å². The molecule has 0 atom stereocenters. The highest BCUT2D eigenvalue weighted by atomic mass is 32.2. The first-order chi connectivity index (χ1) is 8.37. The van der Waals surface area contributed by atoms with E-state index in [4.69, 9.17) is 0 Å². The molecule has 0 heterocycles. The summed E-state index contributed by atoms with van der Waals surface area (Å²) in [4.78, 5) is 10.8. The van der Waals surface area contributed by atoms with Crippen molar-refractivity contribution in [3.63, 3.8) is 0 Å². The monoisotopic (exact) mass is 279 g/mol. The van der Waals surface area contributed by atoms with E-state index >= 15 is 0 Å². The molecule has 108 valence electrons. The summed E-state index contributed by atoms with van der Waals surface area (Å²) in [5, 5.41) is 0. The third kappa shape index (κ3) is 10.5. The molecule has 0 aliphatic rings. The van der Waals surface area contributed by atoms with Crippen molar-refractivity contribution in [2.75, 3.05) is 19.4 Å². The second-order valence-corrected chi connectivity index (χ2v) is 6.71. The predicted octanol–water partition coefficient (Wildman–Crippen LogP) is 1.69. The van der Waals surface area contributed by atoms with Crippen molar-refractivity contribution in [3.8, 4) is 0 Å². The standard InChI is InChI=1S/C12H25NO4S/c1-11(2)7-4-5-9-13-18(15,16)10-6-8-12(14)17-3/h11,13H,4-10H2,1-3H3. The Kier molecular flexibility index (Phi) is 9.01. The molecule has 0 unspecified atom stereocenters. The lowest BCUT2D eigenvalue weighted by atomic mass is 10.1. The van der Waals surface area contributed by atoms with Crippen LogP contribution in [0, 0.1) is 5.92 Å². The fourth-order valence-electron chi connectivity index (χ4n) is 1.49. The number of esters is 1. The molecule has 18 heavy (non-hydrogen) atoms. The summed E-state index contributed by atoms with van der Waals surface area (Å²) in [6.45, 7) is 4.78. The van der Waals surface area contributed by atoms with Gasteiger partial charge in [0.25, 0.3) is 0 Å².